The van der Waals surface area contributed by atoms with E-state index in [-0.39, 0.29) is 0 Å². The van der Waals surface area contributed by atoms with Crippen LogP contribution >= 0.6 is 35.6 Å². The molecule has 1 aromatic carbocycles. The molecule has 2 aliphatic rings. The number of rotatable bonds is 10. The van der Waals surface area contributed by atoms with Crippen LogP contribution in [0.15, 0.2) is 24.3 Å². The molecule has 4 nitrogen and oxygen atoms in total. The minimum absolute atomic E-state index is 0.339. The molecule has 7 heteroatoms. The first-order valence-corrected chi connectivity index (χ1v) is 15.2. The third-order valence-electron chi connectivity index (χ3n) is 7.30. The first-order chi connectivity index (χ1) is 16.7. The smallest absolute Gasteiger partial charge is 0.174 e. The fourth-order valence-electron chi connectivity index (χ4n) is 5.36. The summed E-state index contributed by atoms with van der Waals surface area (Å²) in [6.45, 7) is 16.7. The molecule has 1 aromatic rings. The van der Waals surface area contributed by atoms with Crippen LogP contribution < -0.4 is 5.32 Å². The van der Waals surface area contributed by atoms with Gasteiger partial charge in [-0.05, 0) is 73.9 Å². The zero-order chi connectivity index (χ0) is 25.4. The summed E-state index contributed by atoms with van der Waals surface area (Å²) >= 11 is 14.2. The monoisotopic (exact) mass is 539 g/mol. The van der Waals surface area contributed by atoms with Crippen molar-refractivity contribution in [3.05, 3.63) is 29.3 Å². The summed E-state index contributed by atoms with van der Waals surface area (Å²) < 4.78 is 5.65. The standard InChI is InChI=1S/C28H46ClN3OS2/c1-6-21(17-24(19-28(3,4)5)31-13-15-33-16-14-31)11-12-26-32(20-25(7-2)35-26)27(34)30-23-10-8-9-22(29)18-23/h8-10,18,21,24-26H,6-7,11-17,19-20H2,1-5H3,(H,30,34). The highest BCUT2D eigenvalue weighted by atomic mass is 35.5. The number of halogens is 1. The van der Waals surface area contributed by atoms with Gasteiger partial charge in [-0.3, -0.25) is 4.90 Å². The van der Waals surface area contributed by atoms with E-state index < -0.39 is 0 Å². The number of thioether (sulfide) groups is 1. The molecule has 4 unspecified atom stereocenters. The van der Waals surface area contributed by atoms with Gasteiger partial charge in [0.1, 0.15) is 0 Å². The normalized spacial score (nSPS) is 23.3. The van der Waals surface area contributed by atoms with Gasteiger partial charge < -0.3 is 15.0 Å². The van der Waals surface area contributed by atoms with E-state index in [1.165, 1.54) is 38.5 Å². The van der Waals surface area contributed by atoms with E-state index in [1.807, 2.05) is 24.3 Å². The van der Waals surface area contributed by atoms with Crippen LogP contribution in [0.2, 0.25) is 5.02 Å². The molecule has 2 fully saturated rings. The second kappa shape index (κ2) is 13.9. The van der Waals surface area contributed by atoms with Gasteiger partial charge in [-0.15, -0.1) is 11.8 Å². The predicted molar refractivity (Wildman–Crippen MR) is 158 cm³/mol. The summed E-state index contributed by atoms with van der Waals surface area (Å²) in [4.78, 5) is 5.13. The number of anilines is 1. The maximum absolute atomic E-state index is 6.19. The van der Waals surface area contributed by atoms with Gasteiger partial charge in [0.2, 0.25) is 0 Å². The lowest BCUT2D eigenvalue weighted by atomic mass is 9.82. The third kappa shape index (κ3) is 9.37. The molecule has 2 heterocycles. The van der Waals surface area contributed by atoms with Crippen molar-refractivity contribution in [3.63, 3.8) is 0 Å². The second-order valence-corrected chi connectivity index (χ2v) is 13.7. The van der Waals surface area contributed by atoms with E-state index in [9.17, 15) is 0 Å². The van der Waals surface area contributed by atoms with Crippen LogP contribution in [0, 0.1) is 11.3 Å². The van der Waals surface area contributed by atoms with Gasteiger partial charge in [0, 0.05) is 41.6 Å². The second-order valence-electron chi connectivity index (χ2n) is 11.4. The summed E-state index contributed by atoms with van der Waals surface area (Å²) in [5.41, 5.74) is 1.31. The lowest BCUT2D eigenvalue weighted by Crippen LogP contribution is -2.45. The van der Waals surface area contributed by atoms with Gasteiger partial charge in [-0.2, -0.15) is 0 Å². The highest BCUT2D eigenvalue weighted by Gasteiger charge is 2.34. The zero-order valence-electron chi connectivity index (χ0n) is 22.4. The number of thiocarbonyl (C=S) groups is 1. The molecule has 0 aliphatic carbocycles. The van der Waals surface area contributed by atoms with Crippen LogP contribution in [0.1, 0.15) is 73.1 Å². The lowest BCUT2D eigenvalue weighted by Gasteiger charge is -2.39. The van der Waals surface area contributed by atoms with E-state index in [0.717, 1.165) is 54.6 Å². The molecule has 0 amide bonds. The summed E-state index contributed by atoms with van der Waals surface area (Å²) in [6, 6.07) is 8.48. The quantitative estimate of drug-likeness (QED) is 0.309. The maximum Gasteiger partial charge on any atom is 0.174 e. The van der Waals surface area contributed by atoms with Crippen LogP contribution in [0.5, 0.6) is 0 Å². The van der Waals surface area contributed by atoms with E-state index in [0.29, 0.717) is 22.1 Å². The molecule has 2 saturated heterocycles. The molecule has 0 radical (unpaired) electrons. The molecule has 35 heavy (non-hydrogen) atoms. The van der Waals surface area contributed by atoms with Crippen LogP contribution in [0.3, 0.4) is 0 Å². The number of benzene rings is 1. The van der Waals surface area contributed by atoms with Gasteiger partial charge in [0.15, 0.2) is 5.11 Å². The lowest BCUT2D eigenvalue weighted by molar-refractivity contribution is 0.00114. The van der Waals surface area contributed by atoms with Crippen molar-refractivity contribution < 1.29 is 4.74 Å². The molecule has 0 spiro atoms. The van der Waals surface area contributed by atoms with E-state index >= 15 is 0 Å². The average Bonchev–Trinajstić information content (AvgIpc) is 3.24. The SMILES string of the molecule is CCC(CCC1SC(CC)CN1C(=S)Nc1cccc(Cl)c1)CC(CC(C)(C)C)N1CCOCC1. The highest BCUT2D eigenvalue weighted by molar-refractivity contribution is 8.00. The molecule has 4 atom stereocenters. The summed E-state index contributed by atoms with van der Waals surface area (Å²) in [6.07, 6.45) is 7.39. The first-order valence-electron chi connectivity index (χ1n) is 13.5. The summed E-state index contributed by atoms with van der Waals surface area (Å²) in [7, 11) is 0. The van der Waals surface area contributed by atoms with Gasteiger partial charge in [0.25, 0.3) is 0 Å². The van der Waals surface area contributed by atoms with Crippen molar-refractivity contribution in [1.29, 1.82) is 0 Å². The third-order valence-corrected chi connectivity index (χ3v) is 9.55. The predicted octanol–water partition coefficient (Wildman–Crippen LogP) is 7.52. The maximum atomic E-state index is 6.19. The Hall–Kier alpha value is -0.530. The molecule has 3 rings (SSSR count). The topological polar surface area (TPSA) is 27.7 Å². The van der Waals surface area contributed by atoms with Gasteiger partial charge >= 0.3 is 0 Å². The first kappa shape index (κ1) is 29.0. The van der Waals surface area contributed by atoms with Crippen molar-refractivity contribution in [2.75, 3.05) is 38.2 Å². The van der Waals surface area contributed by atoms with Crippen LogP contribution in [-0.2, 0) is 4.74 Å². The van der Waals surface area contributed by atoms with E-state index in [4.69, 9.17) is 28.6 Å². The minimum atomic E-state index is 0.339. The molecule has 1 N–H and O–H groups in total. The Kier molecular flexibility index (Phi) is 11.5. The molecule has 0 saturated carbocycles. The van der Waals surface area contributed by atoms with Crippen molar-refractivity contribution in [1.82, 2.24) is 9.80 Å². The number of hydrogen-bond acceptors (Lipinski definition) is 4. The average molecular weight is 540 g/mol. The van der Waals surface area contributed by atoms with E-state index in [2.05, 4.69) is 61.5 Å². The largest absolute Gasteiger partial charge is 0.379 e. The molecule has 0 bridgehead atoms. The fourth-order valence-corrected chi connectivity index (χ4v) is 7.43. The molecule has 2 aliphatic heterocycles. The van der Waals surface area contributed by atoms with Gasteiger partial charge in [0.05, 0.1) is 18.6 Å². The van der Waals surface area contributed by atoms with Crippen LogP contribution in [0.25, 0.3) is 0 Å². The number of nitrogens with one attached hydrogen (secondary N) is 1. The Labute approximate surface area is 228 Å². The molecule has 198 valence electrons. The Balaban J connectivity index is 1.61. The number of ether oxygens (including phenoxy) is 1. The van der Waals surface area contributed by atoms with Gasteiger partial charge in [-0.1, -0.05) is 58.7 Å². The van der Waals surface area contributed by atoms with Crippen LogP contribution in [0.4, 0.5) is 5.69 Å². The number of hydrogen-bond donors (Lipinski definition) is 1. The molecule has 0 aromatic heterocycles. The van der Waals surface area contributed by atoms with Crippen molar-refractivity contribution >= 4 is 46.4 Å². The summed E-state index contributed by atoms with van der Waals surface area (Å²) in [5, 5.41) is 6.08. The zero-order valence-corrected chi connectivity index (χ0v) is 24.8. The highest BCUT2D eigenvalue weighted by Crippen LogP contribution is 2.38. The van der Waals surface area contributed by atoms with Crippen molar-refractivity contribution in [3.8, 4) is 0 Å². The van der Waals surface area contributed by atoms with Crippen molar-refractivity contribution in [2.24, 2.45) is 11.3 Å². The minimum Gasteiger partial charge on any atom is -0.379 e. The van der Waals surface area contributed by atoms with Crippen LogP contribution in [-0.4, -0.2) is 64.4 Å². The number of morpholine rings is 1. The molecular formula is C28H46ClN3OS2. The Bertz CT molecular complexity index is 797. The van der Waals surface area contributed by atoms with Crippen molar-refractivity contribution in [2.45, 2.75) is 89.8 Å². The van der Waals surface area contributed by atoms with Gasteiger partial charge in [-0.25, -0.2) is 0 Å². The fraction of sp³-hybridized carbons (Fsp3) is 0.750. The number of nitrogens with zero attached hydrogens (tertiary/aromatic N) is 2. The Morgan fingerprint density at radius 2 is 2.00 bits per heavy atom. The Morgan fingerprint density at radius 3 is 2.63 bits per heavy atom. The Morgan fingerprint density at radius 1 is 1.26 bits per heavy atom. The summed E-state index contributed by atoms with van der Waals surface area (Å²) in [5.74, 6) is 0.739. The molecular weight excluding hydrogens is 494 g/mol. The van der Waals surface area contributed by atoms with E-state index in [1.54, 1.807) is 0 Å².